The molecule has 5 rings (SSSR count). The number of carbonyl (C=O) groups is 3. The fraction of sp³-hybridized carbons (Fsp3) is 0.227. The summed E-state index contributed by atoms with van der Waals surface area (Å²) < 4.78 is 15.8. The van der Waals surface area contributed by atoms with Crippen LogP contribution in [0.1, 0.15) is 17.2 Å². The molecule has 1 unspecified atom stereocenters. The molecule has 0 saturated carbocycles. The van der Waals surface area contributed by atoms with E-state index >= 15 is 0 Å². The fourth-order valence-corrected chi connectivity index (χ4v) is 4.12. The highest BCUT2D eigenvalue weighted by molar-refractivity contribution is 6.31. The standard InChI is InChI=1S/C22H18ClN3O6/c23-14-4-2-1-3-13(14)20-19-15(10-30-21(19)28)26(22(29)25-20)9-18(27)24-8-12-5-6-16-17(7-12)32-11-31-16/h1-7,20H,8-11H2,(H,24,27)(H,25,29). The SMILES string of the molecule is O=C(CN1C(=O)NC(c2ccccc2Cl)C2=C1COC2=O)NCc1ccc2c(c1)OCO2. The highest BCUT2D eigenvalue weighted by atomic mass is 35.5. The Morgan fingerprint density at radius 1 is 1.12 bits per heavy atom. The predicted octanol–water partition coefficient (Wildman–Crippen LogP) is 2.26. The van der Waals surface area contributed by atoms with Gasteiger partial charge in [-0.2, -0.15) is 0 Å². The summed E-state index contributed by atoms with van der Waals surface area (Å²) in [6.45, 7) is 0.0657. The number of benzene rings is 2. The van der Waals surface area contributed by atoms with E-state index in [9.17, 15) is 14.4 Å². The van der Waals surface area contributed by atoms with Gasteiger partial charge in [0.1, 0.15) is 13.2 Å². The van der Waals surface area contributed by atoms with E-state index in [2.05, 4.69) is 10.6 Å². The summed E-state index contributed by atoms with van der Waals surface area (Å²) in [6, 6.07) is 11.1. The van der Waals surface area contributed by atoms with E-state index in [0.29, 0.717) is 27.8 Å². The first-order valence-corrected chi connectivity index (χ1v) is 10.3. The molecular weight excluding hydrogens is 438 g/mol. The maximum absolute atomic E-state index is 12.8. The summed E-state index contributed by atoms with van der Waals surface area (Å²) >= 11 is 6.28. The van der Waals surface area contributed by atoms with Crippen molar-refractivity contribution in [3.63, 3.8) is 0 Å². The topological polar surface area (TPSA) is 106 Å². The number of hydrogen-bond donors (Lipinski definition) is 2. The molecule has 0 spiro atoms. The van der Waals surface area contributed by atoms with Crippen LogP contribution in [0.4, 0.5) is 4.79 Å². The first kappa shape index (κ1) is 20.2. The molecule has 3 amide bonds. The molecule has 0 bridgehead atoms. The highest BCUT2D eigenvalue weighted by Gasteiger charge is 2.43. The molecule has 10 heteroatoms. The lowest BCUT2D eigenvalue weighted by molar-refractivity contribution is -0.136. The minimum absolute atomic E-state index is 0.0853. The second-order valence-electron chi connectivity index (χ2n) is 7.39. The molecule has 164 valence electrons. The van der Waals surface area contributed by atoms with Gasteiger partial charge in [-0.05, 0) is 29.3 Å². The van der Waals surface area contributed by atoms with Crippen LogP contribution in [-0.2, 0) is 20.9 Å². The number of ether oxygens (including phenoxy) is 3. The minimum Gasteiger partial charge on any atom is -0.456 e. The van der Waals surface area contributed by atoms with Gasteiger partial charge in [-0.3, -0.25) is 9.69 Å². The first-order valence-electron chi connectivity index (χ1n) is 9.89. The van der Waals surface area contributed by atoms with Gasteiger partial charge in [0, 0.05) is 11.6 Å². The lowest BCUT2D eigenvalue weighted by Gasteiger charge is -2.32. The van der Waals surface area contributed by atoms with Crippen LogP contribution in [0.5, 0.6) is 11.5 Å². The summed E-state index contributed by atoms with van der Waals surface area (Å²) in [7, 11) is 0. The Bertz CT molecular complexity index is 1160. The first-order chi connectivity index (χ1) is 15.5. The second-order valence-corrected chi connectivity index (χ2v) is 7.80. The van der Waals surface area contributed by atoms with E-state index in [4.69, 9.17) is 25.8 Å². The highest BCUT2D eigenvalue weighted by Crippen LogP contribution is 2.37. The van der Waals surface area contributed by atoms with Crippen molar-refractivity contribution in [1.82, 2.24) is 15.5 Å². The third-order valence-electron chi connectivity index (χ3n) is 5.44. The molecule has 0 aliphatic carbocycles. The number of halogens is 1. The number of cyclic esters (lactones) is 1. The quantitative estimate of drug-likeness (QED) is 0.670. The third kappa shape index (κ3) is 3.60. The number of rotatable bonds is 5. The zero-order valence-corrected chi connectivity index (χ0v) is 17.5. The Morgan fingerprint density at radius 3 is 2.78 bits per heavy atom. The smallest absolute Gasteiger partial charge is 0.338 e. The molecule has 2 aromatic rings. The fourth-order valence-electron chi connectivity index (χ4n) is 3.87. The number of amides is 3. The molecule has 0 aromatic heterocycles. The monoisotopic (exact) mass is 455 g/mol. The summed E-state index contributed by atoms with van der Waals surface area (Å²) in [5, 5.41) is 5.96. The summed E-state index contributed by atoms with van der Waals surface area (Å²) in [6.07, 6.45) is 0. The van der Waals surface area contributed by atoms with Gasteiger partial charge in [-0.1, -0.05) is 35.9 Å². The van der Waals surface area contributed by atoms with Crippen molar-refractivity contribution in [3.8, 4) is 11.5 Å². The van der Waals surface area contributed by atoms with Crippen LogP contribution >= 0.6 is 11.6 Å². The molecule has 3 aliphatic rings. The average molecular weight is 456 g/mol. The van der Waals surface area contributed by atoms with Crippen molar-refractivity contribution in [3.05, 3.63) is 69.9 Å². The zero-order chi connectivity index (χ0) is 22.2. The maximum atomic E-state index is 12.8. The number of nitrogens with zero attached hydrogens (tertiary/aromatic N) is 1. The van der Waals surface area contributed by atoms with Crippen LogP contribution in [0.3, 0.4) is 0 Å². The van der Waals surface area contributed by atoms with Gasteiger partial charge in [0.2, 0.25) is 12.7 Å². The van der Waals surface area contributed by atoms with Gasteiger partial charge in [0.25, 0.3) is 0 Å². The Morgan fingerprint density at radius 2 is 1.94 bits per heavy atom. The van der Waals surface area contributed by atoms with E-state index in [0.717, 1.165) is 5.56 Å². The van der Waals surface area contributed by atoms with Crippen molar-refractivity contribution in [1.29, 1.82) is 0 Å². The van der Waals surface area contributed by atoms with Crippen molar-refractivity contribution in [2.45, 2.75) is 12.6 Å². The van der Waals surface area contributed by atoms with Crippen LogP contribution in [0.2, 0.25) is 5.02 Å². The predicted molar refractivity (Wildman–Crippen MR) is 112 cm³/mol. The van der Waals surface area contributed by atoms with Gasteiger partial charge in [0.05, 0.1) is 17.3 Å². The Labute approximate surface area is 187 Å². The summed E-state index contributed by atoms with van der Waals surface area (Å²) in [5.41, 5.74) is 2.05. The lowest BCUT2D eigenvalue weighted by atomic mass is 9.95. The molecule has 3 aliphatic heterocycles. The van der Waals surface area contributed by atoms with Crippen LogP contribution in [0.25, 0.3) is 0 Å². The van der Waals surface area contributed by atoms with Gasteiger partial charge < -0.3 is 24.8 Å². The van der Waals surface area contributed by atoms with Gasteiger partial charge in [0.15, 0.2) is 11.5 Å². The maximum Gasteiger partial charge on any atom is 0.338 e. The van der Waals surface area contributed by atoms with E-state index in [1.807, 2.05) is 6.07 Å². The number of carbonyl (C=O) groups excluding carboxylic acids is 3. The minimum atomic E-state index is -0.742. The van der Waals surface area contributed by atoms with Crippen molar-refractivity contribution in [2.24, 2.45) is 0 Å². The molecule has 1 atom stereocenters. The second kappa shape index (κ2) is 8.08. The summed E-state index contributed by atoms with van der Waals surface area (Å²) in [4.78, 5) is 39.1. The van der Waals surface area contributed by atoms with Crippen LogP contribution < -0.4 is 20.1 Å². The van der Waals surface area contributed by atoms with Crippen LogP contribution in [-0.4, -0.2) is 42.8 Å². The van der Waals surface area contributed by atoms with Crippen LogP contribution in [0, 0.1) is 0 Å². The van der Waals surface area contributed by atoms with E-state index in [1.54, 1.807) is 36.4 Å². The molecular formula is C22H18ClN3O6. The molecule has 0 fully saturated rings. The Hall–Kier alpha value is -3.72. The molecule has 9 nitrogen and oxygen atoms in total. The largest absolute Gasteiger partial charge is 0.456 e. The van der Waals surface area contributed by atoms with Gasteiger partial charge in [-0.15, -0.1) is 0 Å². The van der Waals surface area contributed by atoms with E-state index in [-0.39, 0.29) is 38.0 Å². The molecule has 3 heterocycles. The molecule has 2 N–H and O–H groups in total. The van der Waals surface area contributed by atoms with E-state index in [1.165, 1.54) is 4.90 Å². The Balaban J connectivity index is 1.32. The van der Waals surface area contributed by atoms with E-state index < -0.39 is 18.0 Å². The molecule has 2 aromatic carbocycles. The molecule has 0 saturated heterocycles. The average Bonchev–Trinajstić information content (AvgIpc) is 3.41. The normalized spacial score (nSPS) is 18.9. The lowest BCUT2D eigenvalue weighted by Crippen LogP contribution is -2.50. The zero-order valence-electron chi connectivity index (χ0n) is 16.7. The number of esters is 1. The van der Waals surface area contributed by atoms with Crippen LogP contribution in [0.15, 0.2) is 53.7 Å². The van der Waals surface area contributed by atoms with Crippen molar-refractivity contribution >= 4 is 29.5 Å². The van der Waals surface area contributed by atoms with Gasteiger partial charge >= 0.3 is 12.0 Å². The van der Waals surface area contributed by atoms with Crippen molar-refractivity contribution < 1.29 is 28.6 Å². The summed E-state index contributed by atoms with van der Waals surface area (Å²) in [5.74, 6) is 0.341. The van der Waals surface area contributed by atoms with Gasteiger partial charge in [-0.25, -0.2) is 9.59 Å². The number of hydrogen-bond acceptors (Lipinski definition) is 6. The molecule has 0 radical (unpaired) electrons. The number of urea groups is 1. The molecule has 32 heavy (non-hydrogen) atoms. The Kier molecular flexibility index (Phi) is 5.10. The number of fused-ring (bicyclic) bond motifs is 1. The third-order valence-corrected chi connectivity index (χ3v) is 5.79. The number of nitrogens with one attached hydrogen (secondary N) is 2. The van der Waals surface area contributed by atoms with Crippen molar-refractivity contribution in [2.75, 3.05) is 19.9 Å².